The molecule has 0 saturated heterocycles. The first-order chi connectivity index (χ1) is 9.95. The number of hydrogen-bond donors (Lipinski definition) is 1. The zero-order chi connectivity index (χ0) is 15.4. The van der Waals surface area contributed by atoms with Gasteiger partial charge in [-0.15, -0.1) is 0 Å². The number of hydrogen-bond acceptors (Lipinski definition) is 1. The Labute approximate surface area is 133 Å². The highest BCUT2D eigenvalue weighted by Crippen LogP contribution is 2.36. The predicted octanol–water partition coefficient (Wildman–Crippen LogP) is 5.07. The normalized spacial score (nSPS) is 26.3. The van der Waals surface area contributed by atoms with Gasteiger partial charge in [-0.2, -0.15) is 0 Å². The van der Waals surface area contributed by atoms with E-state index in [1.807, 2.05) is 0 Å². The van der Waals surface area contributed by atoms with Crippen LogP contribution in [0.3, 0.4) is 0 Å². The third-order valence-electron chi connectivity index (χ3n) is 4.68. The van der Waals surface area contributed by atoms with E-state index >= 15 is 0 Å². The molecule has 1 aromatic rings. The average Bonchev–Trinajstić information content (AvgIpc) is 2.42. The van der Waals surface area contributed by atoms with E-state index < -0.39 is 0 Å². The maximum atomic E-state index is 14.0. The topological polar surface area (TPSA) is 12.0 Å². The fraction of sp³-hybridized carbons (Fsp3) is 0.667. The molecule has 1 aliphatic carbocycles. The van der Waals surface area contributed by atoms with Crippen LogP contribution in [0.1, 0.15) is 45.6 Å². The van der Waals surface area contributed by atoms with Gasteiger partial charge in [0, 0.05) is 11.1 Å². The lowest BCUT2D eigenvalue weighted by Gasteiger charge is -2.36. The first-order valence-corrected chi connectivity index (χ1v) is 8.50. The molecule has 3 atom stereocenters. The maximum Gasteiger partial charge on any atom is 0.126 e. The minimum Gasteiger partial charge on any atom is -0.314 e. The van der Waals surface area contributed by atoms with Crippen LogP contribution in [-0.4, -0.2) is 12.6 Å². The summed E-state index contributed by atoms with van der Waals surface area (Å²) in [6.45, 7) is 7.71. The number of rotatable bonds is 5. The monoisotopic (exact) mass is 311 g/mol. The van der Waals surface area contributed by atoms with E-state index in [2.05, 4.69) is 26.1 Å². The molecule has 0 spiro atoms. The predicted molar refractivity (Wildman–Crippen MR) is 88.2 cm³/mol. The Hall–Kier alpha value is -0.600. The molecule has 1 saturated carbocycles. The highest BCUT2D eigenvalue weighted by atomic mass is 35.5. The zero-order valence-electron chi connectivity index (χ0n) is 13.3. The second-order valence-electron chi connectivity index (χ2n) is 6.94. The average molecular weight is 312 g/mol. The molecule has 1 aromatic carbocycles. The molecule has 118 valence electrons. The van der Waals surface area contributed by atoms with Crippen LogP contribution in [0.4, 0.5) is 4.39 Å². The molecule has 0 amide bonds. The summed E-state index contributed by atoms with van der Waals surface area (Å²) in [5, 5.41) is 4.18. The summed E-state index contributed by atoms with van der Waals surface area (Å²) in [4.78, 5) is 0. The van der Waals surface area contributed by atoms with Crippen molar-refractivity contribution in [1.29, 1.82) is 0 Å². The highest BCUT2D eigenvalue weighted by Gasteiger charge is 2.29. The first kappa shape index (κ1) is 16.8. The van der Waals surface area contributed by atoms with Gasteiger partial charge in [0.2, 0.25) is 0 Å². The Morgan fingerprint density at radius 3 is 2.76 bits per heavy atom. The minimum absolute atomic E-state index is 0.117. The largest absolute Gasteiger partial charge is 0.314 e. The van der Waals surface area contributed by atoms with Gasteiger partial charge in [0.1, 0.15) is 5.82 Å². The Morgan fingerprint density at radius 2 is 2.05 bits per heavy atom. The summed E-state index contributed by atoms with van der Waals surface area (Å²) in [7, 11) is 0. The Morgan fingerprint density at radius 1 is 1.29 bits per heavy atom. The molecule has 3 unspecified atom stereocenters. The molecule has 0 radical (unpaired) electrons. The molecular weight excluding hydrogens is 285 g/mol. The van der Waals surface area contributed by atoms with Crippen LogP contribution in [0.15, 0.2) is 18.2 Å². The minimum atomic E-state index is -0.117. The second kappa shape index (κ2) is 7.60. The second-order valence-corrected chi connectivity index (χ2v) is 7.38. The zero-order valence-corrected chi connectivity index (χ0v) is 14.1. The Kier molecular flexibility index (Phi) is 6.07. The summed E-state index contributed by atoms with van der Waals surface area (Å²) in [6.07, 6.45) is 4.53. The van der Waals surface area contributed by atoms with Gasteiger partial charge in [-0.05, 0) is 67.3 Å². The van der Waals surface area contributed by atoms with Crippen molar-refractivity contribution in [3.8, 4) is 0 Å². The fourth-order valence-corrected chi connectivity index (χ4v) is 3.64. The van der Waals surface area contributed by atoms with Crippen molar-refractivity contribution < 1.29 is 4.39 Å². The molecule has 3 heteroatoms. The van der Waals surface area contributed by atoms with Gasteiger partial charge in [0.15, 0.2) is 0 Å². The van der Waals surface area contributed by atoms with E-state index in [0.717, 1.165) is 24.4 Å². The first-order valence-electron chi connectivity index (χ1n) is 8.13. The Balaban J connectivity index is 2.07. The van der Waals surface area contributed by atoms with Crippen LogP contribution in [0.5, 0.6) is 0 Å². The van der Waals surface area contributed by atoms with E-state index in [4.69, 9.17) is 11.6 Å². The van der Waals surface area contributed by atoms with Gasteiger partial charge in [0.05, 0.1) is 0 Å². The molecule has 1 nitrogen and oxygen atoms in total. The van der Waals surface area contributed by atoms with E-state index in [9.17, 15) is 4.39 Å². The molecule has 1 fully saturated rings. The molecule has 1 N–H and O–H groups in total. The lowest BCUT2D eigenvalue weighted by molar-refractivity contribution is 0.180. The third-order valence-corrected chi connectivity index (χ3v) is 4.92. The Bertz CT molecular complexity index is 461. The van der Waals surface area contributed by atoms with Crippen molar-refractivity contribution >= 4 is 11.6 Å². The number of benzene rings is 1. The summed E-state index contributed by atoms with van der Waals surface area (Å²) >= 11 is 6.02. The van der Waals surface area contributed by atoms with Crippen molar-refractivity contribution in [1.82, 2.24) is 5.32 Å². The SMILES string of the molecule is CC1CCC(CNC(C)C)C(Cc2cc(Cl)ccc2F)C1. The van der Waals surface area contributed by atoms with Gasteiger partial charge < -0.3 is 5.32 Å². The summed E-state index contributed by atoms with van der Waals surface area (Å²) < 4.78 is 14.0. The highest BCUT2D eigenvalue weighted by molar-refractivity contribution is 6.30. The van der Waals surface area contributed by atoms with Crippen LogP contribution in [-0.2, 0) is 6.42 Å². The molecule has 21 heavy (non-hydrogen) atoms. The lowest BCUT2D eigenvalue weighted by Crippen LogP contribution is -2.36. The summed E-state index contributed by atoms with van der Waals surface area (Å²) in [6, 6.07) is 5.42. The quantitative estimate of drug-likeness (QED) is 0.800. The van der Waals surface area contributed by atoms with Gasteiger partial charge in [0.25, 0.3) is 0 Å². The fourth-order valence-electron chi connectivity index (χ4n) is 3.45. The molecule has 0 bridgehead atoms. The lowest BCUT2D eigenvalue weighted by atomic mass is 9.72. The molecule has 0 heterocycles. The van der Waals surface area contributed by atoms with Crippen molar-refractivity contribution in [3.05, 3.63) is 34.6 Å². The molecule has 2 rings (SSSR count). The molecule has 0 aliphatic heterocycles. The van der Waals surface area contributed by atoms with Gasteiger partial charge in [-0.3, -0.25) is 0 Å². The van der Waals surface area contributed by atoms with Crippen LogP contribution in [0.2, 0.25) is 5.02 Å². The molecule has 1 aliphatic rings. The van der Waals surface area contributed by atoms with Crippen LogP contribution in [0, 0.1) is 23.6 Å². The number of nitrogens with one attached hydrogen (secondary N) is 1. The van der Waals surface area contributed by atoms with Crippen molar-refractivity contribution in [2.45, 2.75) is 52.5 Å². The summed E-state index contributed by atoms with van der Waals surface area (Å²) in [5.74, 6) is 1.82. The van der Waals surface area contributed by atoms with Gasteiger partial charge >= 0.3 is 0 Å². The number of halogens is 2. The van der Waals surface area contributed by atoms with E-state index in [0.29, 0.717) is 22.9 Å². The maximum absolute atomic E-state index is 14.0. The van der Waals surface area contributed by atoms with Crippen molar-refractivity contribution in [2.24, 2.45) is 17.8 Å². The standard InChI is InChI=1S/C18H27ClFN/c1-12(2)21-11-14-5-4-13(3)8-15(14)9-16-10-17(19)6-7-18(16)20/h6-7,10,12-15,21H,4-5,8-9,11H2,1-3H3. The molecule has 0 aromatic heterocycles. The molecular formula is C18H27ClFN. The van der Waals surface area contributed by atoms with Crippen molar-refractivity contribution in [2.75, 3.05) is 6.54 Å². The van der Waals surface area contributed by atoms with Gasteiger partial charge in [-0.25, -0.2) is 4.39 Å². The van der Waals surface area contributed by atoms with Crippen LogP contribution < -0.4 is 5.32 Å². The van der Waals surface area contributed by atoms with E-state index in [-0.39, 0.29) is 5.82 Å². The summed E-state index contributed by atoms with van der Waals surface area (Å²) in [5.41, 5.74) is 0.774. The van der Waals surface area contributed by atoms with Crippen LogP contribution in [0.25, 0.3) is 0 Å². The smallest absolute Gasteiger partial charge is 0.126 e. The van der Waals surface area contributed by atoms with E-state index in [1.165, 1.54) is 25.3 Å². The van der Waals surface area contributed by atoms with Crippen LogP contribution >= 0.6 is 11.6 Å². The van der Waals surface area contributed by atoms with Crippen molar-refractivity contribution in [3.63, 3.8) is 0 Å². The van der Waals surface area contributed by atoms with Gasteiger partial charge in [-0.1, -0.05) is 38.8 Å². The van der Waals surface area contributed by atoms with E-state index in [1.54, 1.807) is 12.1 Å². The third kappa shape index (κ3) is 4.96.